The molecule has 6 heteroatoms. The number of halogens is 2. The summed E-state index contributed by atoms with van der Waals surface area (Å²) in [6.07, 6.45) is -0.841. The highest BCUT2D eigenvalue weighted by Crippen LogP contribution is 2.33. The van der Waals surface area contributed by atoms with Crippen LogP contribution in [0.3, 0.4) is 0 Å². The molecule has 0 saturated carbocycles. The van der Waals surface area contributed by atoms with E-state index in [0.717, 1.165) is 11.6 Å². The third-order valence-corrected chi connectivity index (χ3v) is 4.13. The van der Waals surface area contributed by atoms with Gasteiger partial charge in [0.05, 0.1) is 12.2 Å². The van der Waals surface area contributed by atoms with E-state index in [9.17, 15) is 13.6 Å². The van der Waals surface area contributed by atoms with Crippen LogP contribution in [0.5, 0.6) is 5.06 Å². The van der Waals surface area contributed by atoms with Crippen LogP contribution >= 0.6 is 11.3 Å². The summed E-state index contributed by atoms with van der Waals surface area (Å²) < 4.78 is 29.7. The Morgan fingerprint density at radius 2 is 2.00 bits per heavy atom. The summed E-state index contributed by atoms with van der Waals surface area (Å²) in [7, 11) is 0. The number of rotatable bonds is 6. The molecule has 0 saturated heterocycles. The predicted molar refractivity (Wildman–Crippen MR) is 88.3 cm³/mol. The first kappa shape index (κ1) is 17.3. The number of aromatic nitrogens is 1. The lowest BCUT2D eigenvalue weighted by Crippen LogP contribution is -2.16. The Bertz CT molecular complexity index is 738. The van der Waals surface area contributed by atoms with E-state index in [1.165, 1.54) is 11.3 Å². The number of nitrogens with zero attached hydrogens (tertiary/aromatic N) is 1. The Kier molecular flexibility index (Phi) is 5.98. The topological polar surface area (TPSA) is 39.2 Å². The lowest BCUT2D eigenvalue weighted by molar-refractivity contribution is 0.324. The van der Waals surface area contributed by atoms with Gasteiger partial charge in [-0.05, 0) is 12.0 Å². The number of hydrogen-bond acceptors (Lipinski definition) is 4. The zero-order chi connectivity index (χ0) is 16.8. The second-order valence-electron chi connectivity index (χ2n) is 5.18. The standard InChI is InChI=1S/C17H17F2NO2S/c1-11(2)14-15(21)20-16(12-7-4-3-5-8-12)23-17(14)22-10-6-9-13(18)19/h3-5,7-9,11H,6,10H2,1-2H3. The average molecular weight is 337 g/mol. The minimum Gasteiger partial charge on any atom is -0.483 e. The van der Waals surface area contributed by atoms with Crippen molar-refractivity contribution in [2.24, 2.45) is 0 Å². The van der Waals surface area contributed by atoms with Gasteiger partial charge in [-0.2, -0.15) is 13.8 Å². The summed E-state index contributed by atoms with van der Waals surface area (Å²) in [5.74, 6) is -0.0560. The molecule has 0 aliphatic rings. The van der Waals surface area contributed by atoms with Crippen molar-refractivity contribution in [2.45, 2.75) is 26.2 Å². The molecule has 122 valence electrons. The zero-order valence-electron chi connectivity index (χ0n) is 12.9. The maximum absolute atomic E-state index is 12.3. The SMILES string of the molecule is CC(C)c1c(OCCC=C(F)F)sc(-c2ccccc2)nc1=O. The van der Waals surface area contributed by atoms with Crippen molar-refractivity contribution < 1.29 is 13.5 Å². The molecule has 1 heterocycles. The molecule has 0 bridgehead atoms. The minimum atomic E-state index is -1.73. The molecule has 0 aliphatic heterocycles. The first-order valence-electron chi connectivity index (χ1n) is 7.23. The van der Waals surface area contributed by atoms with E-state index in [1.807, 2.05) is 44.2 Å². The van der Waals surface area contributed by atoms with Gasteiger partial charge in [0.2, 0.25) is 0 Å². The van der Waals surface area contributed by atoms with Crippen LogP contribution in [-0.4, -0.2) is 11.6 Å². The molecule has 0 amide bonds. The molecule has 1 aromatic carbocycles. The van der Waals surface area contributed by atoms with Gasteiger partial charge < -0.3 is 4.74 Å². The highest BCUT2D eigenvalue weighted by Gasteiger charge is 2.17. The van der Waals surface area contributed by atoms with Gasteiger partial charge in [-0.3, -0.25) is 4.79 Å². The van der Waals surface area contributed by atoms with E-state index in [-0.39, 0.29) is 24.5 Å². The lowest BCUT2D eigenvalue weighted by Gasteiger charge is -2.12. The van der Waals surface area contributed by atoms with Gasteiger partial charge in [0, 0.05) is 12.0 Å². The zero-order valence-corrected chi connectivity index (χ0v) is 13.7. The van der Waals surface area contributed by atoms with Gasteiger partial charge in [0.25, 0.3) is 11.6 Å². The summed E-state index contributed by atoms with van der Waals surface area (Å²) >= 11 is 1.26. The van der Waals surface area contributed by atoms with Gasteiger partial charge in [-0.15, -0.1) is 0 Å². The predicted octanol–water partition coefficient (Wildman–Crippen LogP) is 4.84. The Morgan fingerprint density at radius 3 is 2.61 bits per heavy atom. The molecule has 0 N–H and O–H groups in total. The first-order chi connectivity index (χ1) is 11.0. The fraction of sp³-hybridized carbons (Fsp3) is 0.294. The largest absolute Gasteiger partial charge is 0.483 e. The van der Waals surface area contributed by atoms with Crippen molar-refractivity contribution in [1.82, 2.24) is 4.98 Å². The molecule has 0 atom stereocenters. The first-order valence-corrected chi connectivity index (χ1v) is 8.05. The highest BCUT2D eigenvalue weighted by atomic mass is 32.1. The van der Waals surface area contributed by atoms with Crippen molar-refractivity contribution in [3.05, 3.63) is 58.4 Å². The van der Waals surface area contributed by atoms with Crippen LogP contribution in [0.1, 0.15) is 31.7 Å². The van der Waals surface area contributed by atoms with Crippen LogP contribution < -0.4 is 10.3 Å². The lowest BCUT2D eigenvalue weighted by atomic mass is 10.1. The molecule has 0 fully saturated rings. The third kappa shape index (κ3) is 4.69. The Morgan fingerprint density at radius 1 is 1.30 bits per heavy atom. The maximum atomic E-state index is 12.3. The van der Waals surface area contributed by atoms with Gasteiger partial charge >= 0.3 is 0 Å². The third-order valence-electron chi connectivity index (χ3n) is 3.09. The van der Waals surface area contributed by atoms with Gasteiger partial charge in [-0.1, -0.05) is 55.5 Å². The van der Waals surface area contributed by atoms with E-state index in [2.05, 4.69) is 4.98 Å². The fourth-order valence-corrected chi connectivity index (χ4v) is 3.15. The summed E-state index contributed by atoms with van der Waals surface area (Å²) in [5.41, 5.74) is 0.976. The average Bonchev–Trinajstić information content (AvgIpc) is 2.51. The van der Waals surface area contributed by atoms with Gasteiger partial charge in [-0.25, -0.2) is 0 Å². The minimum absolute atomic E-state index is 0.0560. The number of ether oxygens (including phenoxy) is 1. The van der Waals surface area contributed by atoms with E-state index in [4.69, 9.17) is 4.74 Å². The van der Waals surface area contributed by atoms with Crippen LogP contribution in [0.15, 0.2) is 47.3 Å². The van der Waals surface area contributed by atoms with Crippen LogP contribution in [0.25, 0.3) is 10.6 Å². The van der Waals surface area contributed by atoms with Crippen molar-refractivity contribution in [3.63, 3.8) is 0 Å². The van der Waals surface area contributed by atoms with E-state index >= 15 is 0 Å². The van der Waals surface area contributed by atoms with Crippen LogP contribution in [-0.2, 0) is 0 Å². The molecule has 0 radical (unpaired) electrons. The van der Waals surface area contributed by atoms with Crippen molar-refractivity contribution in [3.8, 4) is 15.6 Å². The normalized spacial score (nSPS) is 10.7. The smallest absolute Gasteiger partial charge is 0.279 e. The fourth-order valence-electron chi connectivity index (χ4n) is 2.02. The number of hydrogen-bond donors (Lipinski definition) is 0. The summed E-state index contributed by atoms with van der Waals surface area (Å²) in [6, 6.07) is 9.32. The van der Waals surface area contributed by atoms with Crippen molar-refractivity contribution in [2.75, 3.05) is 6.61 Å². The number of benzene rings is 1. The summed E-state index contributed by atoms with van der Waals surface area (Å²) in [4.78, 5) is 16.4. The summed E-state index contributed by atoms with van der Waals surface area (Å²) in [5, 5.41) is 1.01. The molecule has 0 unspecified atom stereocenters. The second kappa shape index (κ2) is 7.97. The molecule has 0 spiro atoms. The van der Waals surface area contributed by atoms with Gasteiger partial charge in [0.1, 0.15) is 5.01 Å². The van der Waals surface area contributed by atoms with Crippen LogP contribution in [0, 0.1) is 0 Å². The highest BCUT2D eigenvalue weighted by molar-refractivity contribution is 7.16. The van der Waals surface area contributed by atoms with Gasteiger partial charge in [0.15, 0.2) is 5.06 Å². The Labute approximate surface area is 137 Å². The molecule has 2 aromatic rings. The van der Waals surface area contributed by atoms with E-state index in [1.54, 1.807) is 0 Å². The van der Waals surface area contributed by atoms with Crippen molar-refractivity contribution in [1.29, 1.82) is 0 Å². The summed E-state index contributed by atoms with van der Waals surface area (Å²) in [6.45, 7) is 3.84. The molecular weight excluding hydrogens is 320 g/mol. The van der Waals surface area contributed by atoms with Crippen LogP contribution in [0.4, 0.5) is 8.78 Å². The molecule has 1 aromatic heterocycles. The second-order valence-corrected chi connectivity index (χ2v) is 6.14. The van der Waals surface area contributed by atoms with Crippen molar-refractivity contribution >= 4 is 11.3 Å². The molecule has 2 rings (SSSR count). The molecular formula is C17H17F2NO2S. The Hall–Kier alpha value is -2.08. The van der Waals surface area contributed by atoms with Crippen LogP contribution in [0.2, 0.25) is 0 Å². The molecule has 23 heavy (non-hydrogen) atoms. The monoisotopic (exact) mass is 337 g/mol. The Balaban J connectivity index is 2.35. The maximum Gasteiger partial charge on any atom is 0.279 e. The molecule has 3 nitrogen and oxygen atoms in total. The van der Waals surface area contributed by atoms with E-state index in [0.29, 0.717) is 15.6 Å². The van der Waals surface area contributed by atoms with E-state index < -0.39 is 6.08 Å². The quantitative estimate of drug-likeness (QED) is 0.708. The molecule has 0 aliphatic carbocycles.